The van der Waals surface area contributed by atoms with Gasteiger partial charge >= 0.3 is 6.09 Å². The molecular formula is C13H15BrN2O3. The summed E-state index contributed by atoms with van der Waals surface area (Å²) in [5.41, 5.74) is 2.13. The van der Waals surface area contributed by atoms with Gasteiger partial charge in [-0.3, -0.25) is 9.74 Å². The molecule has 0 saturated carbocycles. The number of halogens is 1. The van der Waals surface area contributed by atoms with E-state index < -0.39 is 0 Å². The van der Waals surface area contributed by atoms with E-state index in [1.165, 1.54) is 7.11 Å². The van der Waals surface area contributed by atoms with Crippen molar-refractivity contribution in [3.8, 4) is 0 Å². The number of fused-ring (bicyclic) bond motifs is 3. The molecule has 6 heteroatoms. The second-order valence-electron chi connectivity index (χ2n) is 4.68. The minimum Gasteiger partial charge on any atom is -0.453 e. The van der Waals surface area contributed by atoms with Gasteiger partial charge in [-0.1, -0.05) is 34.1 Å². The summed E-state index contributed by atoms with van der Waals surface area (Å²) in [5, 5.41) is 1.77. The summed E-state index contributed by atoms with van der Waals surface area (Å²) in [4.78, 5) is 19.1. The number of hydroxylamine groups is 1. The Morgan fingerprint density at radius 1 is 1.42 bits per heavy atom. The van der Waals surface area contributed by atoms with Crippen LogP contribution in [-0.2, 0) is 13.9 Å². The van der Waals surface area contributed by atoms with Crippen LogP contribution in [0.25, 0.3) is 0 Å². The number of ether oxygens (including phenoxy) is 1. The van der Waals surface area contributed by atoms with E-state index in [0.717, 1.165) is 17.7 Å². The summed E-state index contributed by atoms with van der Waals surface area (Å²) >= 11 is 3.82. The molecule has 0 radical (unpaired) electrons. The number of likely N-dealkylation sites (tertiary alicyclic amines) is 1. The fourth-order valence-electron chi connectivity index (χ4n) is 3.02. The van der Waals surface area contributed by atoms with Gasteiger partial charge in [0.1, 0.15) is 0 Å². The number of anilines is 1. The molecule has 0 aliphatic carbocycles. The summed E-state index contributed by atoms with van der Waals surface area (Å²) in [6.07, 6.45) is 0.271. The van der Waals surface area contributed by atoms with Gasteiger partial charge in [-0.2, -0.15) is 0 Å². The molecular weight excluding hydrogens is 312 g/mol. The summed E-state index contributed by atoms with van der Waals surface area (Å²) < 4.78 is 4.57. The molecule has 102 valence electrons. The van der Waals surface area contributed by atoms with Gasteiger partial charge in [-0.25, -0.2) is 9.86 Å². The van der Waals surface area contributed by atoms with Gasteiger partial charge in [-0.15, -0.1) is 0 Å². The molecule has 5 nitrogen and oxygen atoms in total. The number of hydrogen-bond acceptors (Lipinski definition) is 4. The van der Waals surface area contributed by atoms with Crippen LogP contribution in [0.5, 0.6) is 0 Å². The van der Waals surface area contributed by atoms with Crippen LogP contribution in [0.15, 0.2) is 24.3 Å². The number of rotatable bonds is 1. The number of para-hydroxylation sites is 1. The molecule has 0 N–H and O–H groups in total. The lowest BCUT2D eigenvalue weighted by molar-refractivity contribution is 0.0678. The Hall–Kier alpha value is -1.27. The molecule has 2 atom stereocenters. The predicted octanol–water partition coefficient (Wildman–Crippen LogP) is 2.46. The molecule has 2 heterocycles. The van der Waals surface area contributed by atoms with Crippen molar-refractivity contribution >= 4 is 27.7 Å². The molecule has 2 aliphatic rings. The number of nitrogens with zero attached hydrogens (tertiary/aromatic N) is 2. The van der Waals surface area contributed by atoms with Crippen molar-refractivity contribution in [1.82, 2.24) is 4.90 Å². The summed E-state index contributed by atoms with van der Waals surface area (Å²) in [6.45, 7) is 0.636. The van der Waals surface area contributed by atoms with Gasteiger partial charge in [0.15, 0.2) is 6.17 Å². The van der Waals surface area contributed by atoms with Gasteiger partial charge in [0.2, 0.25) is 0 Å². The highest BCUT2D eigenvalue weighted by Gasteiger charge is 2.58. The van der Waals surface area contributed by atoms with Crippen LogP contribution in [0.3, 0.4) is 0 Å². The molecule has 1 fully saturated rings. The Morgan fingerprint density at radius 3 is 2.84 bits per heavy atom. The monoisotopic (exact) mass is 326 g/mol. The van der Waals surface area contributed by atoms with Crippen LogP contribution in [0.1, 0.15) is 12.0 Å². The number of carbonyl (C=O) groups excluding carboxylic acids is 1. The number of methoxy groups -OCH3 is 1. The van der Waals surface area contributed by atoms with E-state index in [0.29, 0.717) is 6.54 Å². The smallest absolute Gasteiger partial charge is 0.411 e. The Morgan fingerprint density at radius 2 is 2.16 bits per heavy atom. The number of carbonyl (C=O) groups is 1. The highest BCUT2D eigenvalue weighted by molar-refractivity contribution is 9.09. The van der Waals surface area contributed by atoms with Crippen LogP contribution in [0.2, 0.25) is 0 Å². The maximum atomic E-state index is 11.9. The molecule has 3 rings (SSSR count). The van der Waals surface area contributed by atoms with Gasteiger partial charge < -0.3 is 4.74 Å². The first-order chi connectivity index (χ1) is 9.13. The van der Waals surface area contributed by atoms with E-state index in [9.17, 15) is 4.79 Å². The van der Waals surface area contributed by atoms with Crippen LogP contribution < -0.4 is 5.06 Å². The number of alkyl halides is 1. The first kappa shape index (κ1) is 12.7. The second kappa shape index (κ2) is 4.38. The van der Waals surface area contributed by atoms with Crippen molar-refractivity contribution in [2.75, 3.05) is 25.8 Å². The Bertz CT molecular complexity index is 524. The van der Waals surface area contributed by atoms with Gasteiger partial charge in [0.05, 0.1) is 24.2 Å². The van der Waals surface area contributed by atoms with E-state index in [1.54, 1.807) is 17.1 Å². The third kappa shape index (κ3) is 1.59. The molecule has 0 spiro atoms. The largest absolute Gasteiger partial charge is 0.453 e. The predicted molar refractivity (Wildman–Crippen MR) is 74.1 cm³/mol. The second-order valence-corrected chi connectivity index (χ2v) is 6.09. The standard InChI is InChI=1S/C13H15BrN2O3/c1-18-12(17)15-8-7-13(14)9-5-3-4-6-10(9)16(19-2)11(13)15/h3-6,11H,7-8H2,1-2H3/t11-,13-/m1/s1. The van der Waals surface area contributed by atoms with Crippen molar-refractivity contribution in [2.45, 2.75) is 16.9 Å². The van der Waals surface area contributed by atoms with E-state index in [2.05, 4.69) is 22.0 Å². The lowest BCUT2D eigenvalue weighted by Crippen LogP contribution is -2.49. The summed E-state index contributed by atoms with van der Waals surface area (Å²) in [5.74, 6) is 0. The maximum absolute atomic E-state index is 11.9. The maximum Gasteiger partial charge on any atom is 0.411 e. The quantitative estimate of drug-likeness (QED) is 0.743. The van der Waals surface area contributed by atoms with Crippen LogP contribution >= 0.6 is 15.9 Å². The Kier molecular flexibility index (Phi) is 2.94. The van der Waals surface area contributed by atoms with E-state index in [-0.39, 0.29) is 16.6 Å². The third-order valence-electron chi connectivity index (χ3n) is 3.84. The molecule has 0 bridgehead atoms. The first-order valence-corrected chi connectivity index (χ1v) is 6.89. The fraction of sp³-hybridized carbons (Fsp3) is 0.462. The van der Waals surface area contributed by atoms with Crippen LogP contribution in [0, 0.1) is 0 Å². The van der Waals surface area contributed by atoms with Crippen molar-refractivity contribution < 1.29 is 14.4 Å². The zero-order chi connectivity index (χ0) is 13.6. The van der Waals surface area contributed by atoms with Gasteiger partial charge in [0.25, 0.3) is 0 Å². The van der Waals surface area contributed by atoms with Gasteiger partial charge in [-0.05, 0) is 18.1 Å². The molecule has 19 heavy (non-hydrogen) atoms. The third-order valence-corrected chi connectivity index (χ3v) is 5.07. The molecule has 0 unspecified atom stereocenters. The lowest BCUT2D eigenvalue weighted by atomic mass is 9.98. The van der Waals surface area contributed by atoms with Crippen molar-refractivity contribution in [3.05, 3.63) is 29.8 Å². The number of benzene rings is 1. The SMILES string of the molecule is COC(=O)N1CC[C@@]2(Br)c3ccccc3N(OC)[C@@H]12. The molecule has 1 aromatic rings. The highest BCUT2D eigenvalue weighted by atomic mass is 79.9. The zero-order valence-corrected chi connectivity index (χ0v) is 12.4. The summed E-state index contributed by atoms with van der Waals surface area (Å²) in [7, 11) is 3.01. The minimum absolute atomic E-state index is 0.220. The molecule has 1 aromatic carbocycles. The van der Waals surface area contributed by atoms with Crippen molar-refractivity contribution in [1.29, 1.82) is 0 Å². The minimum atomic E-state index is -0.332. The topological polar surface area (TPSA) is 42.0 Å². The highest BCUT2D eigenvalue weighted by Crippen LogP contribution is 2.55. The van der Waals surface area contributed by atoms with Crippen LogP contribution in [-0.4, -0.2) is 37.9 Å². The van der Waals surface area contributed by atoms with E-state index >= 15 is 0 Å². The van der Waals surface area contributed by atoms with E-state index in [1.807, 2.05) is 18.2 Å². The Labute approximate surface area is 120 Å². The van der Waals surface area contributed by atoms with Crippen molar-refractivity contribution in [2.24, 2.45) is 0 Å². The van der Waals surface area contributed by atoms with Crippen LogP contribution in [0.4, 0.5) is 10.5 Å². The number of amides is 1. The molecule has 1 amide bonds. The summed E-state index contributed by atoms with van der Waals surface area (Å²) in [6, 6.07) is 8.02. The number of hydrogen-bond donors (Lipinski definition) is 0. The normalized spacial score (nSPS) is 28.3. The fourth-order valence-corrected chi connectivity index (χ4v) is 3.97. The molecule has 0 aromatic heterocycles. The average Bonchev–Trinajstić information content (AvgIpc) is 2.89. The molecule has 2 aliphatic heterocycles. The van der Waals surface area contributed by atoms with Gasteiger partial charge in [0, 0.05) is 6.54 Å². The van der Waals surface area contributed by atoms with Crippen molar-refractivity contribution in [3.63, 3.8) is 0 Å². The average molecular weight is 327 g/mol. The first-order valence-electron chi connectivity index (χ1n) is 6.10. The molecule has 1 saturated heterocycles. The lowest BCUT2D eigenvalue weighted by Gasteiger charge is -2.33. The Balaban J connectivity index is 2.09. The zero-order valence-electron chi connectivity index (χ0n) is 10.8. The van der Waals surface area contributed by atoms with E-state index in [4.69, 9.17) is 9.57 Å².